The zero-order valence-corrected chi connectivity index (χ0v) is 11.4. The molecular weight excluding hydrogens is 282 g/mol. The highest BCUT2D eigenvalue weighted by Gasteiger charge is 2.24. The van der Waals surface area contributed by atoms with Gasteiger partial charge < -0.3 is 10.5 Å². The number of nitrogens with two attached hydrogens (primary N) is 1. The van der Waals surface area contributed by atoms with Crippen LogP contribution in [-0.4, -0.2) is 18.9 Å². The Bertz CT molecular complexity index is 441. The maximum atomic E-state index is 11.8. The van der Waals surface area contributed by atoms with E-state index in [1.54, 1.807) is 0 Å². The quantitative estimate of drug-likeness (QED) is 0.850. The van der Waals surface area contributed by atoms with Gasteiger partial charge in [-0.2, -0.15) is 0 Å². The molecule has 0 aliphatic heterocycles. The minimum absolute atomic E-state index is 0.00961. The summed E-state index contributed by atoms with van der Waals surface area (Å²) in [4.78, 5) is 11.8. The van der Waals surface area contributed by atoms with Crippen molar-refractivity contribution in [3.63, 3.8) is 0 Å². The molecule has 2 N–H and O–H groups in total. The molecule has 2 rings (SSSR count). The fourth-order valence-corrected chi connectivity index (χ4v) is 2.37. The van der Waals surface area contributed by atoms with Crippen molar-refractivity contribution in [2.24, 2.45) is 11.7 Å². The summed E-state index contributed by atoms with van der Waals surface area (Å²) in [5, 5.41) is 0. The summed E-state index contributed by atoms with van der Waals surface area (Å²) in [6.07, 6.45) is 2.45. The molecule has 1 fully saturated rings. The molecule has 0 amide bonds. The molecule has 0 bridgehead atoms. The molecule has 0 saturated heterocycles. The molecular formula is C13H16BrNO2. The van der Waals surface area contributed by atoms with Gasteiger partial charge in [0.05, 0.1) is 23.2 Å². The molecule has 0 spiro atoms. The van der Waals surface area contributed by atoms with E-state index in [1.165, 1.54) is 12.8 Å². The summed E-state index contributed by atoms with van der Waals surface area (Å²) in [6, 6.07) is 3.79. The van der Waals surface area contributed by atoms with Crippen molar-refractivity contribution in [2.45, 2.75) is 19.8 Å². The summed E-state index contributed by atoms with van der Waals surface area (Å²) in [5.41, 5.74) is 7.03. The number of ether oxygens (including phenoxy) is 1. The molecule has 1 aliphatic rings. The van der Waals surface area contributed by atoms with E-state index >= 15 is 0 Å². The second-order valence-electron chi connectivity index (χ2n) is 4.51. The third kappa shape index (κ3) is 3.07. The molecule has 0 heterocycles. The van der Waals surface area contributed by atoms with Crippen molar-refractivity contribution >= 4 is 21.7 Å². The van der Waals surface area contributed by atoms with Crippen LogP contribution in [0.5, 0.6) is 5.75 Å². The Balaban J connectivity index is 2.28. The highest BCUT2D eigenvalue weighted by atomic mass is 79.9. The van der Waals surface area contributed by atoms with E-state index in [4.69, 9.17) is 10.5 Å². The average Bonchev–Trinajstić information content (AvgIpc) is 3.09. The number of benzene rings is 1. The van der Waals surface area contributed by atoms with Gasteiger partial charge >= 0.3 is 0 Å². The van der Waals surface area contributed by atoms with Crippen LogP contribution in [0.15, 0.2) is 16.6 Å². The first-order chi connectivity index (χ1) is 8.11. The van der Waals surface area contributed by atoms with Gasteiger partial charge in [0.25, 0.3) is 0 Å². The van der Waals surface area contributed by atoms with Gasteiger partial charge in [0.2, 0.25) is 0 Å². The van der Waals surface area contributed by atoms with Crippen LogP contribution in [0.2, 0.25) is 0 Å². The van der Waals surface area contributed by atoms with Crippen molar-refractivity contribution in [1.29, 1.82) is 0 Å². The molecule has 0 radical (unpaired) electrons. The van der Waals surface area contributed by atoms with Gasteiger partial charge in [-0.25, -0.2) is 0 Å². The number of halogens is 1. The van der Waals surface area contributed by atoms with E-state index < -0.39 is 0 Å². The Labute approximate surface area is 109 Å². The summed E-state index contributed by atoms with van der Waals surface area (Å²) >= 11 is 3.45. The maximum absolute atomic E-state index is 11.8. The first-order valence-corrected chi connectivity index (χ1v) is 6.57. The molecule has 92 valence electrons. The molecule has 1 aromatic rings. The zero-order chi connectivity index (χ0) is 12.4. The summed E-state index contributed by atoms with van der Waals surface area (Å²) in [6.45, 7) is 2.64. The van der Waals surface area contributed by atoms with Crippen LogP contribution in [0, 0.1) is 12.8 Å². The number of aryl methyl sites for hydroxylation is 1. The average molecular weight is 298 g/mol. The summed E-state index contributed by atoms with van der Waals surface area (Å²) < 4.78 is 6.58. The molecule has 0 unspecified atom stereocenters. The number of carbonyl (C=O) groups is 1. The lowest BCUT2D eigenvalue weighted by Crippen LogP contribution is -2.16. The van der Waals surface area contributed by atoms with Crippen LogP contribution in [0.25, 0.3) is 0 Å². The van der Waals surface area contributed by atoms with Gasteiger partial charge in [-0.15, -0.1) is 0 Å². The predicted octanol–water partition coefficient (Wildman–Crippen LogP) is 2.69. The molecule has 17 heavy (non-hydrogen) atoms. The second kappa shape index (κ2) is 5.19. The Morgan fingerprint density at radius 2 is 2.24 bits per heavy atom. The third-order valence-electron chi connectivity index (χ3n) is 2.83. The molecule has 1 saturated carbocycles. The monoisotopic (exact) mass is 297 g/mol. The number of hydrogen-bond acceptors (Lipinski definition) is 3. The minimum Gasteiger partial charge on any atom is -0.491 e. The van der Waals surface area contributed by atoms with Crippen LogP contribution >= 0.6 is 15.9 Å². The molecule has 0 atom stereocenters. The number of Topliss-reactive ketones (excluding diaryl/α,β-unsaturated/α-hetero) is 1. The number of hydrogen-bond donors (Lipinski definition) is 1. The van der Waals surface area contributed by atoms with E-state index in [-0.39, 0.29) is 12.3 Å². The van der Waals surface area contributed by atoms with Crippen LogP contribution in [0.4, 0.5) is 0 Å². The predicted molar refractivity (Wildman–Crippen MR) is 70.5 cm³/mol. The van der Waals surface area contributed by atoms with E-state index in [1.807, 2.05) is 19.1 Å². The van der Waals surface area contributed by atoms with Crippen molar-refractivity contribution in [3.8, 4) is 5.75 Å². The van der Waals surface area contributed by atoms with E-state index in [9.17, 15) is 4.79 Å². The first kappa shape index (κ1) is 12.6. The van der Waals surface area contributed by atoms with Gasteiger partial charge in [-0.3, -0.25) is 4.79 Å². The molecule has 0 aromatic heterocycles. The lowest BCUT2D eigenvalue weighted by molar-refractivity contribution is 0.0997. The lowest BCUT2D eigenvalue weighted by atomic mass is 10.1. The highest BCUT2D eigenvalue weighted by Crippen LogP contribution is 2.34. The summed E-state index contributed by atoms with van der Waals surface area (Å²) in [7, 11) is 0. The second-order valence-corrected chi connectivity index (χ2v) is 5.36. The van der Waals surface area contributed by atoms with Gasteiger partial charge in [-0.1, -0.05) is 0 Å². The van der Waals surface area contributed by atoms with Gasteiger partial charge in [0.15, 0.2) is 5.78 Å². The molecule has 3 nitrogen and oxygen atoms in total. The fraction of sp³-hybridized carbons (Fsp3) is 0.462. The Morgan fingerprint density at radius 3 is 2.82 bits per heavy atom. The molecule has 1 aromatic carbocycles. The Kier molecular flexibility index (Phi) is 3.84. The van der Waals surface area contributed by atoms with Crippen LogP contribution in [0.1, 0.15) is 28.8 Å². The highest BCUT2D eigenvalue weighted by molar-refractivity contribution is 9.10. The van der Waals surface area contributed by atoms with E-state index in [0.29, 0.717) is 23.8 Å². The smallest absolute Gasteiger partial charge is 0.180 e. The molecule has 4 heteroatoms. The Hall–Kier alpha value is -0.870. The first-order valence-electron chi connectivity index (χ1n) is 5.78. The standard InChI is InChI=1S/C13H16BrNO2/c1-8-4-10(12(16)6-15)13(11(14)5-8)17-7-9-2-3-9/h4-5,9H,2-3,6-7,15H2,1H3. The number of ketones is 1. The van der Waals surface area contributed by atoms with E-state index in [0.717, 1.165) is 10.0 Å². The van der Waals surface area contributed by atoms with E-state index in [2.05, 4.69) is 15.9 Å². The van der Waals surface area contributed by atoms with Crippen molar-refractivity contribution in [1.82, 2.24) is 0 Å². The maximum Gasteiger partial charge on any atom is 0.180 e. The number of rotatable bonds is 5. The SMILES string of the molecule is Cc1cc(Br)c(OCC2CC2)c(C(=O)CN)c1. The zero-order valence-electron chi connectivity index (χ0n) is 9.83. The minimum atomic E-state index is -0.0832. The van der Waals surface area contributed by atoms with Gasteiger partial charge in [-0.05, 0) is 59.3 Å². The molecule has 1 aliphatic carbocycles. The number of carbonyl (C=O) groups excluding carboxylic acids is 1. The third-order valence-corrected chi connectivity index (χ3v) is 3.42. The van der Waals surface area contributed by atoms with Crippen molar-refractivity contribution in [3.05, 3.63) is 27.7 Å². The van der Waals surface area contributed by atoms with Crippen molar-refractivity contribution in [2.75, 3.05) is 13.2 Å². The fourth-order valence-electron chi connectivity index (χ4n) is 1.68. The largest absolute Gasteiger partial charge is 0.491 e. The van der Waals surface area contributed by atoms with Gasteiger partial charge in [0, 0.05) is 0 Å². The Morgan fingerprint density at radius 1 is 1.53 bits per heavy atom. The normalized spacial score (nSPS) is 14.8. The van der Waals surface area contributed by atoms with Crippen LogP contribution in [0.3, 0.4) is 0 Å². The lowest BCUT2D eigenvalue weighted by Gasteiger charge is -2.13. The van der Waals surface area contributed by atoms with Crippen molar-refractivity contribution < 1.29 is 9.53 Å². The van der Waals surface area contributed by atoms with Crippen LogP contribution in [-0.2, 0) is 0 Å². The topological polar surface area (TPSA) is 52.3 Å². The van der Waals surface area contributed by atoms with Crippen LogP contribution < -0.4 is 10.5 Å². The summed E-state index contributed by atoms with van der Waals surface area (Å²) in [5.74, 6) is 1.21. The van der Waals surface area contributed by atoms with Gasteiger partial charge in [0.1, 0.15) is 5.75 Å².